The number of carbonyl (C=O) groups is 1. The molecule has 0 atom stereocenters. The summed E-state index contributed by atoms with van der Waals surface area (Å²) in [5.41, 5.74) is 1.35. The first-order chi connectivity index (χ1) is 8.10. The lowest BCUT2D eigenvalue weighted by atomic mass is 10.3. The quantitative estimate of drug-likeness (QED) is 0.439. The van der Waals surface area contributed by atoms with Crippen molar-refractivity contribution in [2.75, 3.05) is 28.3 Å². The van der Waals surface area contributed by atoms with Crippen LogP contribution in [-0.2, 0) is 20.8 Å². The molecule has 94 valence electrons. The van der Waals surface area contributed by atoms with Crippen molar-refractivity contribution in [1.82, 2.24) is 9.47 Å². The van der Waals surface area contributed by atoms with Gasteiger partial charge in [0.05, 0.1) is 14.2 Å². The molecule has 0 saturated carbocycles. The van der Waals surface area contributed by atoms with E-state index in [0.29, 0.717) is 5.70 Å². The fraction of sp³-hybridized carbons (Fsp3) is 0.417. The number of hydrogen-bond acceptors (Lipinski definition) is 4. The Labute approximate surface area is 101 Å². The minimum Gasteiger partial charge on any atom is -0.502 e. The Kier molecular flexibility index (Phi) is 4.78. The number of carbonyl (C=O) groups excluding carboxylic acids is 1. The zero-order valence-electron chi connectivity index (χ0n) is 10.6. The highest BCUT2D eigenvalue weighted by Crippen LogP contribution is 2.14. The van der Waals surface area contributed by atoms with Crippen LogP contribution in [-0.4, -0.2) is 43.8 Å². The molecule has 0 fully saturated rings. The zero-order chi connectivity index (χ0) is 12.8. The van der Waals surface area contributed by atoms with Gasteiger partial charge in [-0.05, 0) is 26.2 Å². The molecule has 5 heteroatoms. The average molecular weight is 238 g/mol. The van der Waals surface area contributed by atoms with Crippen LogP contribution in [0.5, 0.6) is 0 Å². The van der Waals surface area contributed by atoms with Crippen LogP contribution >= 0.6 is 0 Å². The fourth-order valence-electron chi connectivity index (χ4n) is 1.52. The summed E-state index contributed by atoms with van der Waals surface area (Å²) < 4.78 is 11.4. The summed E-state index contributed by atoms with van der Waals surface area (Å²) in [6.45, 7) is 0.727. The number of nitrogens with zero attached hydrogens (tertiary/aromatic N) is 2. The first kappa shape index (κ1) is 13.3. The lowest BCUT2D eigenvalue weighted by Crippen LogP contribution is -2.17. The highest BCUT2D eigenvalue weighted by Gasteiger charge is 2.15. The van der Waals surface area contributed by atoms with E-state index >= 15 is 0 Å². The van der Waals surface area contributed by atoms with Gasteiger partial charge in [0, 0.05) is 18.4 Å². The molecule has 5 nitrogen and oxygen atoms in total. The van der Waals surface area contributed by atoms with E-state index in [2.05, 4.69) is 0 Å². The van der Waals surface area contributed by atoms with Crippen molar-refractivity contribution >= 4 is 11.7 Å². The van der Waals surface area contributed by atoms with Gasteiger partial charge in [-0.25, -0.2) is 4.79 Å². The topological polar surface area (TPSA) is 43.7 Å². The first-order valence-electron chi connectivity index (χ1n) is 5.22. The van der Waals surface area contributed by atoms with Crippen LogP contribution in [0.25, 0.3) is 5.70 Å². The van der Waals surface area contributed by atoms with Gasteiger partial charge >= 0.3 is 5.97 Å². The van der Waals surface area contributed by atoms with E-state index in [1.54, 1.807) is 10.8 Å². The normalized spacial score (nSPS) is 11.7. The second-order valence-corrected chi connectivity index (χ2v) is 3.84. The largest absolute Gasteiger partial charge is 0.502 e. The third kappa shape index (κ3) is 3.35. The van der Waals surface area contributed by atoms with E-state index in [-0.39, 0.29) is 0 Å². The standard InChI is InChI=1S/C12H18N2O3/c1-13(2)8-10-6-5-7-14(10)11(9-16-3)12(15)17-4/h5-7,9H,8H2,1-4H3. The highest BCUT2D eigenvalue weighted by molar-refractivity contribution is 6.09. The minimum absolute atomic E-state index is 0.358. The molecule has 0 amide bonds. The molecule has 1 aromatic rings. The Morgan fingerprint density at radius 2 is 2.18 bits per heavy atom. The summed E-state index contributed by atoms with van der Waals surface area (Å²) in [5.74, 6) is -0.428. The van der Waals surface area contributed by atoms with Crippen molar-refractivity contribution in [3.05, 3.63) is 30.3 Å². The number of esters is 1. The Balaban J connectivity index is 3.07. The molecular formula is C12H18N2O3. The molecule has 0 spiro atoms. The van der Waals surface area contributed by atoms with Crippen molar-refractivity contribution in [3.63, 3.8) is 0 Å². The molecule has 0 unspecified atom stereocenters. The van der Waals surface area contributed by atoms with Crippen LogP contribution in [0.15, 0.2) is 24.6 Å². The fourth-order valence-corrected chi connectivity index (χ4v) is 1.52. The number of aromatic nitrogens is 1. The summed E-state index contributed by atoms with van der Waals surface area (Å²) in [6, 6.07) is 3.83. The van der Waals surface area contributed by atoms with Crippen LogP contribution in [0.3, 0.4) is 0 Å². The van der Waals surface area contributed by atoms with Gasteiger partial charge in [0.15, 0.2) is 5.70 Å². The maximum Gasteiger partial charge on any atom is 0.358 e. The SMILES string of the molecule is COC=C(C(=O)OC)n1cccc1CN(C)C. The second-order valence-electron chi connectivity index (χ2n) is 3.84. The molecule has 0 saturated heterocycles. The predicted molar refractivity (Wildman–Crippen MR) is 65.1 cm³/mol. The Bertz CT molecular complexity index is 408. The molecule has 0 aliphatic carbocycles. The lowest BCUT2D eigenvalue weighted by molar-refractivity contribution is -0.134. The molecule has 0 bridgehead atoms. The third-order valence-electron chi connectivity index (χ3n) is 2.19. The highest BCUT2D eigenvalue weighted by atomic mass is 16.5. The first-order valence-corrected chi connectivity index (χ1v) is 5.22. The van der Waals surface area contributed by atoms with Crippen molar-refractivity contribution < 1.29 is 14.3 Å². The molecule has 0 radical (unpaired) electrons. The van der Waals surface area contributed by atoms with Gasteiger partial charge in [-0.2, -0.15) is 0 Å². The van der Waals surface area contributed by atoms with Crippen molar-refractivity contribution in [2.45, 2.75) is 6.54 Å². The van der Waals surface area contributed by atoms with E-state index in [1.165, 1.54) is 20.5 Å². The van der Waals surface area contributed by atoms with E-state index in [4.69, 9.17) is 9.47 Å². The van der Waals surface area contributed by atoms with Gasteiger partial charge in [0.1, 0.15) is 6.26 Å². The van der Waals surface area contributed by atoms with Crippen LogP contribution in [0.2, 0.25) is 0 Å². The minimum atomic E-state index is -0.428. The Morgan fingerprint density at radius 3 is 2.71 bits per heavy atom. The zero-order valence-corrected chi connectivity index (χ0v) is 10.6. The molecular weight excluding hydrogens is 220 g/mol. The van der Waals surface area contributed by atoms with E-state index in [0.717, 1.165) is 12.2 Å². The number of ether oxygens (including phenoxy) is 2. The van der Waals surface area contributed by atoms with Gasteiger partial charge in [-0.15, -0.1) is 0 Å². The van der Waals surface area contributed by atoms with Crippen molar-refractivity contribution in [1.29, 1.82) is 0 Å². The Morgan fingerprint density at radius 1 is 1.47 bits per heavy atom. The van der Waals surface area contributed by atoms with Crippen LogP contribution < -0.4 is 0 Å². The maximum absolute atomic E-state index is 11.6. The van der Waals surface area contributed by atoms with E-state index in [9.17, 15) is 4.79 Å². The number of rotatable bonds is 5. The summed E-state index contributed by atoms with van der Waals surface area (Å²) in [6.07, 6.45) is 3.19. The van der Waals surface area contributed by atoms with Gasteiger partial charge in [0.2, 0.25) is 0 Å². The van der Waals surface area contributed by atoms with Crippen LogP contribution in [0, 0.1) is 0 Å². The van der Waals surface area contributed by atoms with E-state index in [1.807, 2.05) is 31.1 Å². The maximum atomic E-state index is 11.6. The van der Waals surface area contributed by atoms with E-state index < -0.39 is 5.97 Å². The summed E-state index contributed by atoms with van der Waals surface area (Å²) in [4.78, 5) is 13.7. The van der Waals surface area contributed by atoms with Gasteiger partial charge in [-0.3, -0.25) is 0 Å². The third-order valence-corrected chi connectivity index (χ3v) is 2.19. The van der Waals surface area contributed by atoms with Gasteiger partial charge in [-0.1, -0.05) is 0 Å². The summed E-state index contributed by atoms with van der Waals surface area (Å²) in [7, 11) is 6.78. The summed E-state index contributed by atoms with van der Waals surface area (Å²) >= 11 is 0. The molecule has 17 heavy (non-hydrogen) atoms. The molecule has 0 aliphatic rings. The second kappa shape index (κ2) is 6.10. The molecule has 1 rings (SSSR count). The number of methoxy groups -OCH3 is 2. The molecule has 0 N–H and O–H groups in total. The van der Waals surface area contributed by atoms with Gasteiger partial charge in [0.25, 0.3) is 0 Å². The smallest absolute Gasteiger partial charge is 0.358 e. The van der Waals surface area contributed by atoms with Crippen LogP contribution in [0.4, 0.5) is 0 Å². The van der Waals surface area contributed by atoms with Crippen molar-refractivity contribution in [3.8, 4) is 0 Å². The molecule has 0 aliphatic heterocycles. The monoisotopic (exact) mass is 238 g/mol. The lowest BCUT2D eigenvalue weighted by Gasteiger charge is -2.14. The molecule has 1 heterocycles. The molecule has 0 aromatic carbocycles. The van der Waals surface area contributed by atoms with Gasteiger partial charge < -0.3 is 18.9 Å². The average Bonchev–Trinajstić information content (AvgIpc) is 2.72. The summed E-state index contributed by atoms with van der Waals surface area (Å²) in [5, 5.41) is 0. The Hall–Kier alpha value is -1.75. The van der Waals surface area contributed by atoms with Crippen LogP contribution in [0.1, 0.15) is 5.69 Å². The number of hydrogen-bond donors (Lipinski definition) is 0. The molecule has 1 aromatic heterocycles. The predicted octanol–water partition coefficient (Wildman–Crippen LogP) is 1.17. The van der Waals surface area contributed by atoms with Crippen molar-refractivity contribution in [2.24, 2.45) is 0 Å².